The van der Waals surface area contributed by atoms with Crippen LogP contribution in [0.3, 0.4) is 0 Å². The average molecular weight is 168 g/mol. The van der Waals surface area contributed by atoms with Gasteiger partial charge in [0.2, 0.25) is 0 Å². The van der Waals surface area contributed by atoms with E-state index in [4.69, 9.17) is 15.6 Å². The highest BCUT2D eigenvalue weighted by Crippen LogP contribution is 2.41. The van der Waals surface area contributed by atoms with Gasteiger partial charge >= 0.3 is 7.60 Å². The van der Waals surface area contributed by atoms with Gasteiger partial charge in [0.15, 0.2) is 0 Å². The first-order chi connectivity index (χ1) is 4.52. The normalized spacial score (nSPS) is 15.2. The van der Waals surface area contributed by atoms with E-state index in [1.807, 2.05) is 6.92 Å². The van der Waals surface area contributed by atoms with E-state index in [1.54, 1.807) is 0 Å². The molecule has 0 aromatic heterocycles. The maximum absolute atomic E-state index is 10.5. The van der Waals surface area contributed by atoms with Crippen LogP contribution in [0.1, 0.15) is 19.8 Å². The fraction of sp³-hybridized carbons (Fsp3) is 1.00. The molecule has 0 saturated heterocycles. The Labute approximate surface area is 59.7 Å². The number of hydrazine groups is 1. The minimum atomic E-state index is -4.03. The summed E-state index contributed by atoms with van der Waals surface area (Å²) in [6.07, 6.45) is 1.08. The molecule has 1 unspecified atom stereocenters. The van der Waals surface area contributed by atoms with Crippen molar-refractivity contribution in [3.8, 4) is 0 Å². The van der Waals surface area contributed by atoms with Crippen LogP contribution >= 0.6 is 7.60 Å². The van der Waals surface area contributed by atoms with Crippen molar-refractivity contribution in [2.45, 2.75) is 25.5 Å². The van der Waals surface area contributed by atoms with Gasteiger partial charge in [-0.05, 0) is 6.42 Å². The van der Waals surface area contributed by atoms with Crippen molar-refractivity contribution in [3.05, 3.63) is 0 Å². The summed E-state index contributed by atoms with van der Waals surface area (Å²) < 4.78 is 10.5. The summed E-state index contributed by atoms with van der Waals surface area (Å²) in [5, 5.41) is 0. The molecule has 0 radical (unpaired) electrons. The molecular formula is C4H13N2O3P. The molecule has 5 N–H and O–H groups in total. The summed E-state index contributed by atoms with van der Waals surface area (Å²) in [5.74, 6) is 4.01. The van der Waals surface area contributed by atoms with Crippen molar-refractivity contribution in [2.75, 3.05) is 0 Å². The van der Waals surface area contributed by atoms with Gasteiger partial charge < -0.3 is 9.79 Å². The molecule has 0 aliphatic heterocycles. The summed E-state index contributed by atoms with van der Waals surface area (Å²) in [5.41, 5.74) is 2.08. The maximum atomic E-state index is 10.5. The van der Waals surface area contributed by atoms with Crippen LogP contribution in [0.2, 0.25) is 0 Å². The van der Waals surface area contributed by atoms with Crippen molar-refractivity contribution in [3.63, 3.8) is 0 Å². The van der Waals surface area contributed by atoms with Gasteiger partial charge in [-0.3, -0.25) is 10.4 Å². The molecule has 0 aromatic carbocycles. The fourth-order valence-corrected chi connectivity index (χ4v) is 1.41. The molecular weight excluding hydrogens is 155 g/mol. The van der Waals surface area contributed by atoms with E-state index in [2.05, 4.69) is 5.43 Å². The summed E-state index contributed by atoms with van der Waals surface area (Å²) in [7, 11) is -4.03. The van der Waals surface area contributed by atoms with Crippen molar-refractivity contribution >= 4 is 7.60 Å². The fourth-order valence-electron chi connectivity index (χ4n) is 0.622. The highest BCUT2D eigenvalue weighted by Gasteiger charge is 2.25. The Morgan fingerprint density at radius 3 is 2.30 bits per heavy atom. The molecule has 0 spiro atoms. The third-order valence-corrected chi connectivity index (χ3v) is 2.38. The summed E-state index contributed by atoms with van der Waals surface area (Å²) in [6.45, 7) is 1.83. The number of rotatable bonds is 4. The second-order valence-corrected chi connectivity index (χ2v) is 3.86. The van der Waals surface area contributed by atoms with Gasteiger partial charge in [0.1, 0.15) is 5.78 Å². The number of nitrogens with two attached hydrogens (primary N) is 1. The van der Waals surface area contributed by atoms with Gasteiger partial charge in [-0.25, -0.2) is 5.43 Å². The van der Waals surface area contributed by atoms with Crippen LogP contribution in [-0.4, -0.2) is 15.6 Å². The maximum Gasteiger partial charge on any atom is 0.343 e. The van der Waals surface area contributed by atoms with Crippen LogP contribution in [0.5, 0.6) is 0 Å². The van der Waals surface area contributed by atoms with Gasteiger partial charge in [0, 0.05) is 0 Å². The van der Waals surface area contributed by atoms with E-state index >= 15 is 0 Å². The van der Waals surface area contributed by atoms with E-state index in [1.165, 1.54) is 0 Å². The minimum absolute atomic E-state index is 0.390. The number of hydrogen-bond donors (Lipinski definition) is 4. The molecule has 0 fully saturated rings. The molecule has 0 amide bonds. The molecule has 62 valence electrons. The Hall–Kier alpha value is 0.0700. The zero-order valence-corrected chi connectivity index (χ0v) is 6.71. The topological polar surface area (TPSA) is 95.6 Å². The van der Waals surface area contributed by atoms with Crippen LogP contribution in [0.15, 0.2) is 0 Å². The Balaban J connectivity index is 3.94. The summed E-state index contributed by atoms with van der Waals surface area (Å²) >= 11 is 0. The SMILES string of the molecule is CCCC(NN)P(=O)(O)O. The lowest BCUT2D eigenvalue weighted by molar-refractivity contribution is 0.342. The van der Waals surface area contributed by atoms with Gasteiger partial charge in [-0.1, -0.05) is 13.3 Å². The second kappa shape index (κ2) is 4.05. The highest BCUT2D eigenvalue weighted by atomic mass is 31.2. The molecule has 0 aliphatic carbocycles. The lowest BCUT2D eigenvalue weighted by atomic mass is 10.3. The average Bonchev–Trinajstić information content (AvgIpc) is 1.80. The van der Waals surface area contributed by atoms with Crippen LogP contribution in [0, 0.1) is 0 Å². The van der Waals surface area contributed by atoms with E-state index in [9.17, 15) is 4.57 Å². The number of hydrogen-bond acceptors (Lipinski definition) is 3. The van der Waals surface area contributed by atoms with Gasteiger partial charge in [0.05, 0.1) is 0 Å². The van der Waals surface area contributed by atoms with E-state index in [0.29, 0.717) is 12.8 Å². The largest absolute Gasteiger partial charge is 0.343 e. The van der Waals surface area contributed by atoms with Crippen molar-refractivity contribution in [1.29, 1.82) is 0 Å². The van der Waals surface area contributed by atoms with Gasteiger partial charge in [-0.2, -0.15) is 0 Å². The number of nitrogens with one attached hydrogen (secondary N) is 1. The lowest BCUT2D eigenvalue weighted by Gasteiger charge is -2.15. The van der Waals surface area contributed by atoms with Crippen molar-refractivity contribution in [1.82, 2.24) is 5.43 Å². The van der Waals surface area contributed by atoms with Gasteiger partial charge in [0.25, 0.3) is 0 Å². The van der Waals surface area contributed by atoms with Crippen LogP contribution in [-0.2, 0) is 4.57 Å². The molecule has 0 saturated carbocycles. The van der Waals surface area contributed by atoms with Gasteiger partial charge in [-0.15, -0.1) is 0 Å². The first-order valence-corrected chi connectivity index (χ1v) is 4.72. The zero-order valence-electron chi connectivity index (χ0n) is 5.82. The molecule has 1 atom stereocenters. The summed E-state index contributed by atoms with van der Waals surface area (Å²) in [4.78, 5) is 17.2. The zero-order chi connectivity index (χ0) is 8.20. The molecule has 0 bridgehead atoms. The van der Waals surface area contributed by atoms with Crippen molar-refractivity contribution in [2.24, 2.45) is 5.84 Å². The Kier molecular flexibility index (Phi) is 4.08. The van der Waals surface area contributed by atoms with Crippen LogP contribution < -0.4 is 11.3 Å². The third-order valence-electron chi connectivity index (χ3n) is 1.16. The molecule has 0 rings (SSSR count). The van der Waals surface area contributed by atoms with E-state index in [0.717, 1.165) is 0 Å². The molecule has 0 aromatic rings. The quantitative estimate of drug-likeness (QED) is 0.264. The standard InChI is InChI=1S/C4H13N2O3P/c1-2-3-4(6-5)10(7,8)9/h4,6H,2-3,5H2,1H3,(H2,7,8,9). The Morgan fingerprint density at radius 2 is 2.20 bits per heavy atom. The Morgan fingerprint density at radius 1 is 1.70 bits per heavy atom. The van der Waals surface area contributed by atoms with Crippen LogP contribution in [0.4, 0.5) is 0 Å². The Bertz CT molecular complexity index is 134. The third kappa shape index (κ3) is 3.29. The second-order valence-electron chi connectivity index (χ2n) is 2.06. The predicted molar refractivity (Wildman–Crippen MR) is 38.1 cm³/mol. The molecule has 0 heterocycles. The predicted octanol–water partition coefficient (Wildman–Crippen LogP) is -0.246. The van der Waals surface area contributed by atoms with Crippen LogP contribution in [0.25, 0.3) is 0 Å². The summed E-state index contributed by atoms with van der Waals surface area (Å²) in [6, 6.07) is 0. The first kappa shape index (κ1) is 10.1. The molecule has 10 heavy (non-hydrogen) atoms. The molecule has 5 nitrogen and oxygen atoms in total. The minimum Gasteiger partial charge on any atom is -0.323 e. The first-order valence-electron chi connectivity index (χ1n) is 3.03. The smallest absolute Gasteiger partial charge is 0.323 e. The molecule has 6 heteroatoms. The monoisotopic (exact) mass is 168 g/mol. The van der Waals surface area contributed by atoms with E-state index < -0.39 is 13.4 Å². The lowest BCUT2D eigenvalue weighted by Crippen LogP contribution is -2.34. The van der Waals surface area contributed by atoms with Crippen molar-refractivity contribution < 1.29 is 14.4 Å². The van der Waals surface area contributed by atoms with E-state index in [-0.39, 0.29) is 0 Å². The highest BCUT2D eigenvalue weighted by molar-refractivity contribution is 7.52. The molecule has 0 aliphatic rings.